The van der Waals surface area contributed by atoms with Gasteiger partial charge in [-0.15, -0.1) is 11.3 Å². The summed E-state index contributed by atoms with van der Waals surface area (Å²) in [4.78, 5) is 38.4. The highest BCUT2D eigenvalue weighted by atomic mass is 32.2. The number of thiazole rings is 1. The number of nitrogens with zero attached hydrogens (tertiary/aromatic N) is 2. The van der Waals surface area contributed by atoms with Gasteiger partial charge in [-0.2, -0.15) is 0 Å². The van der Waals surface area contributed by atoms with Crippen molar-refractivity contribution in [2.75, 3.05) is 17.7 Å². The number of carbonyl (C=O) groups is 2. The number of carbonyl (C=O) groups excluding carboxylic acids is 2. The predicted octanol–water partition coefficient (Wildman–Crippen LogP) is 3.48. The normalized spacial score (nSPS) is 10.5. The van der Waals surface area contributed by atoms with Crippen molar-refractivity contribution in [2.24, 2.45) is 0 Å². The minimum atomic E-state index is -0.650. The molecular weight excluding hydrogens is 390 g/mol. The summed E-state index contributed by atoms with van der Waals surface area (Å²) in [6, 6.07) is 13.4. The quantitative estimate of drug-likeness (QED) is 0.278. The van der Waals surface area contributed by atoms with Crippen LogP contribution in [0.4, 0.5) is 11.4 Å². The van der Waals surface area contributed by atoms with Gasteiger partial charge in [0.05, 0.1) is 20.9 Å². The molecule has 2 aromatic carbocycles. The summed E-state index contributed by atoms with van der Waals surface area (Å²) in [5.41, 5.74) is 0.679. The maximum Gasteiger partial charge on any atom is 0.316 e. The molecule has 0 fully saturated rings. The van der Waals surface area contributed by atoms with Gasteiger partial charge in [-0.1, -0.05) is 36.0 Å². The van der Waals surface area contributed by atoms with E-state index < -0.39 is 23.4 Å². The van der Waals surface area contributed by atoms with Crippen LogP contribution in [0, 0.1) is 10.1 Å². The molecule has 8 nitrogen and oxygen atoms in total. The summed E-state index contributed by atoms with van der Waals surface area (Å²) in [7, 11) is 0. The van der Waals surface area contributed by atoms with Gasteiger partial charge in [0.1, 0.15) is 5.69 Å². The molecule has 0 atom stereocenters. The van der Waals surface area contributed by atoms with Crippen LogP contribution in [-0.4, -0.2) is 34.1 Å². The molecule has 0 aliphatic rings. The zero-order valence-electron chi connectivity index (χ0n) is 13.8. The number of benzene rings is 2. The van der Waals surface area contributed by atoms with Gasteiger partial charge in [0.15, 0.2) is 10.9 Å². The SMILES string of the molecule is O=C(COC(=O)CSc1nc2ccccc2s1)Nc1ccccc1[N+](=O)[O-]. The first-order chi connectivity index (χ1) is 13.0. The highest BCUT2D eigenvalue weighted by Crippen LogP contribution is 2.29. The summed E-state index contributed by atoms with van der Waals surface area (Å²) in [5, 5.41) is 13.3. The number of aromatic nitrogens is 1. The fourth-order valence-electron chi connectivity index (χ4n) is 2.15. The molecule has 0 saturated carbocycles. The lowest BCUT2D eigenvalue weighted by molar-refractivity contribution is -0.383. The van der Waals surface area contributed by atoms with E-state index in [0.29, 0.717) is 0 Å². The van der Waals surface area contributed by atoms with E-state index in [1.54, 1.807) is 6.07 Å². The summed E-state index contributed by atoms with van der Waals surface area (Å²) in [5.74, 6) is -1.21. The van der Waals surface area contributed by atoms with Crippen LogP contribution in [0.3, 0.4) is 0 Å². The van der Waals surface area contributed by atoms with Gasteiger partial charge in [0.25, 0.3) is 11.6 Å². The Morgan fingerprint density at radius 1 is 1.19 bits per heavy atom. The maximum absolute atomic E-state index is 11.9. The number of hydrogen-bond donors (Lipinski definition) is 1. The number of nitro benzene ring substituents is 1. The Hall–Kier alpha value is -2.98. The third-order valence-electron chi connectivity index (χ3n) is 3.33. The number of para-hydroxylation sites is 3. The molecular formula is C17H13N3O5S2. The summed E-state index contributed by atoms with van der Waals surface area (Å²) >= 11 is 2.70. The molecule has 0 radical (unpaired) electrons. The number of thioether (sulfide) groups is 1. The van der Waals surface area contributed by atoms with E-state index in [-0.39, 0.29) is 17.1 Å². The van der Waals surface area contributed by atoms with Gasteiger partial charge < -0.3 is 10.1 Å². The van der Waals surface area contributed by atoms with E-state index in [1.807, 2.05) is 24.3 Å². The second-order valence-electron chi connectivity index (χ2n) is 5.22. The molecule has 1 heterocycles. The number of esters is 1. The van der Waals surface area contributed by atoms with Gasteiger partial charge in [-0.25, -0.2) is 4.98 Å². The molecule has 0 saturated heterocycles. The van der Waals surface area contributed by atoms with Crippen LogP contribution in [0.25, 0.3) is 10.2 Å². The Bertz CT molecular complexity index is 972. The minimum absolute atomic E-state index is 0.0125. The van der Waals surface area contributed by atoms with Gasteiger partial charge in [-0.3, -0.25) is 19.7 Å². The number of rotatable bonds is 7. The molecule has 0 aliphatic heterocycles. The molecule has 27 heavy (non-hydrogen) atoms. The van der Waals surface area contributed by atoms with E-state index in [1.165, 1.54) is 41.3 Å². The molecule has 3 rings (SSSR count). The Balaban J connectivity index is 1.47. The first-order valence-electron chi connectivity index (χ1n) is 7.70. The Kier molecular flexibility index (Phi) is 5.99. The Morgan fingerprint density at radius 2 is 1.93 bits per heavy atom. The van der Waals surface area contributed by atoms with Crippen LogP contribution in [0.1, 0.15) is 0 Å². The summed E-state index contributed by atoms with van der Waals surface area (Å²) in [6.45, 7) is -0.523. The second kappa shape index (κ2) is 8.60. The summed E-state index contributed by atoms with van der Waals surface area (Å²) < 4.78 is 6.67. The van der Waals surface area contributed by atoms with Gasteiger partial charge >= 0.3 is 5.97 Å². The highest BCUT2D eigenvalue weighted by Gasteiger charge is 2.16. The molecule has 1 aromatic heterocycles. The molecule has 0 aliphatic carbocycles. The third-order valence-corrected chi connectivity index (χ3v) is 5.48. The van der Waals surface area contributed by atoms with E-state index in [0.717, 1.165) is 14.6 Å². The van der Waals surface area contributed by atoms with Crippen molar-refractivity contribution < 1.29 is 19.2 Å². The number of anilines is 1. The number of hydrogen-bond acceptors (Lipinski definition) is 8. The number of amides is 1. The van der Waals surface area contributed by atoms with E-state index in [2.05, 4.69) is 10.3 Å². The van der Waals surface area contributed by atoms with Crippen molar-refractivity contribution in [1.82, 2.24) is 4.98 Å². The molecule has 10 heteroatoms. The number of nitrogens with one attached hydrogen (secondary N) is 1. The molecule has 138 valence electrons. The average Bonchev–Trinajstić information content (AvgIpc) is 3.08. The van der Waals surface area contributed by atoms with Gasteiger partial charge in [0.2, 0.25) is 0 Å². The van der Waals surface area contributed by atoms with Crippen LogP contribution < -0.4 is 5.32 Å². The number of ether oxygens (including phenoxy) is 1. The highest BCUT2D eigenvalue weighted by molar-refractivity contribution is 8.01. The monoisotopic (exact) mass is 403 g/mol. The maximum atomic E-state index is 11.9. The summed E-state index contributed by atoms with van der Waals surface area (Å²) in [6.07, 6.45) is 0. The molecule has 0 bridgehead atoms. The van der Waals surface area contributed by atoms with Crippen LogP contribution in [0.5, 0.6) is 0 Å². The van der Waals surface area contributed by atoms with Crippen molar-refractivity contribution >= 4 is 56.6 Å². The smallest absolute Gasteiger partial charge is 0.316 e. The van der Waals surface area contributed by atoms with Crippen molar-refractivity contribution in [3.8, 4) is 0 Å². The largest absolute Gasteiger partial charge is 0.455 e. The average molecular weight is 403 g/mol. The minimum Gasteiger partial charge on any atom is -0.455 e. The first-order valence-corrected chi connectivity index (χ1v) is 9.50. The van der Waals surface area contributed by atoms with Crippen LogP contribution in [0.15, 0.2) is 52.9 Å². The number of nitro groups is 1. The van der Waals surface area contributed by atoms with Crippen molar-refractivity contribution in [3.05, 3.63) is 58.6 Å². The van der Waals surface area contributed by atoms with Crippen LogP contribution >= 0.6 is 23.1 Å². The van der Waals surface area contributed by atoms with Gasteiger partial charge in [-0.05, 0) is 18.2 Å². The zero-order chi connectivity index (χ0) is 19.2. The fourth-order valence-corrected chi connectivity index (χ4v) is 4.01. The lowest BCUT2D eigenvalue weighted by Crippen LogP contribution is -2.22. The van der Waals surface area contributed by atoms with Gasteiger partial charge in [0, 0.05) is 6.07 Å². The Labute approximate surface area is 161 Å². The lowest BCUT2D eigenvalue weighted by Gasteiger charge is -2.06. The molecule has 0 spiro atoms. The lowest BCUT2D eigenvalue weighted by atomic mass is 10.2. The standard InChI is InChI=1S/C17H13N3O5S2/c21-15(18-11-5-1-3-7-13(11)20(23)24)9-25-16(22)10-26-17-19-12-6-2-4-8-14(12)27-17/h1-8H,9-10H2,(H,18,21). The molecule has 0 unspecified atom stereocenters. The second-order valence-corrected chi connectivity index (χ2v) is 7.47. The predicted molar refractivity (Wildman–Crippen MR) is 103 cm³/mol. The van der Waals surface area contributed by atoms with Crippen molar-refractivity contribution in [1.29, 1.82) is 0 Å². The molecule has 1 N–H and O–H groups in total. The topological polar surface area (TPSA) is 111 Å². The molecule has 3 aromatic rings. The van der Waals surface area contributed by atoms with E-state index in [4.69, 9.17) is 4.74 Å². The van der Waals surface area contributed by atoms with E-state index in [9.17, 15) is 19.7 Å². The number of fused-ring (bicyclic) bond motifs is 1. The first kappa shape index (κ1) is 18.8. The fraction of sp³-hybridized carbons (Fsp3) is 0.118. The van der Waals surface area contributed by atoms with Crippen LogP contribution in [-0.2, 0) is 14.3 Å². The van der Waals surface area contributed by atoms with Crippen LogP contribution in [0.2, 0.25) is 0 Å². The Morgan fingerprint density at radius 3 is 2.70 bits per heavy atom. The molecule has 1 amide bonds. The van der Waals surface area contributed by atoms with Crippen molar-refractivity contribution in [2.45, 2.75) is 4.34 Å². The zero-order valence-corrected chi connectivity index (χ0v) is 15.4. The van der Waals surface area contributed by atoms with E-state index >= 15 is 0 Å². The third kappa shape index (κ3) is 5.02. The van der Waals surface area contributed by atoms with Crippen molar-refractivity contribution in [3.63, 3.8) is 0 Å².